The first-order chi connectivity index (χ1) is 41.1. The first kappa shape index (κ1) is 48.6. The van der Waals surface area contributed by atoms with Gasteiger partial charge in [-0.15, -0.1) is 0 Å². The lowest BCUT2D eigenvalue weighted by molar-refractivity contribution is 0.658. The highest BCUT2D eigenvalue weighted by molar-refractivity contribution is 5.99. The lowest BCUT2D eigenvalue weighted by atomic mass is 9.69. The second-order valence-corrected chi connectivity index (χ2v) is 26.4. The standard InChI is InChI=1S/C77H56N8/c1-73(2)53-13-9-25-78-65(53)69-61(73)33-45(37-82-69)41-17-21-49-50-22-18-42(46-34-62-70(83-38-46)66-54(74(62,3)4)14-10-26-79-66)30-58(50)77(57(49)29-41)59-31-43(47-35-63-71(84-39-47)67-55(75(63,5)6)15-11-27-80-67)19-23-51(59)52-24-20-44(32-60(52)77)48-36-64-72(85-40-48)68-56(76(64,7)8)16-12-28-81-68/h9-40H,1-8H3. The van der Waals surface area contributed by atoms with Crippen LogP contribution in [0.4, 0.5) is 0 Å². The van der Waals surface area contributed by atoms with Crippen molar-refractivity contribution in [1.29, 1.82) is 0 Å². The van der Waals surface area contributed by atoms with Crippen LogP contribution in [0.1, 0.15) is 122 Å². The van der Waals surface area contributed by atoms with Crippen LogP contribution in [0, 0.1) is 0 Å². The SMILES string of the molecule is CC1(C)c2cccnc2-c2ncc(-c3ccc4c(c3)C3(c5cc(-c6cnc7c(c6)C(C)(C)c6cccnc6-7)ccc5-4)c4cc(-c5cnc6c(c5)C(C)(C)c5cccnc5-6)ccc4-c4ccc(-c5cnc6c(c5)C(C)(C)c5cccnc5-6)cc43)cc21. The molecule has 1 spiro atoms. The van der Waals surface area contributed by atoms with Crippen LogP contribution in [0.2, 0.25) is 0 Å². The van der Waals surface area contributed by atoms with Gasteiger partial charge in [0, 0.05) is 93.5 Å². The van der Waals surface area contributed by atoms with Gasteiger partial charge < -0.3 is 0 Å². The van der Waals surface area contributed by atoms with E-state index in [4.69, 9.17) is 39.9 Å². The van der Waals surface area contributed by atoms with E-state index in [0.29, 0.717) is 0 Å². The lowest BCUT2D eigenvalue weighted by Gasteiger charge is -2.32. The summed E-state index contributed by atoms with van der Waals surface area (Å²) in [5.74, 6) is 0. The van der Waals surface area contributed by atoms with E-state index < -0.39 is 5.41 Å². The molecule has 4 aromatic carbocycles. The zero-order chi connectivity index (χ0) is 57.3. The molecule has 18 rings (SSSR count). The number of hydrogen-bond donors (Lipinski definition) is 0. The number of benzene rings is 4. The average Bonchev–Trinajstić information content (AvgIpc) is 1.52. The molecule has 6 aliphatic carbocycles. The molecule has 0 fully saturated rings. The Morgan fingerprint density at radius 2 is 0.424 bits per heavy atom. The molecule has 85 heavy (non-hydrogen) atoms. The van der Waals surface area contributed by atoms with Gasteiger partial charge in [0.05, 0.1) is 51.0 Å². The Bertz CT molecular complexity index is 4410. The largest absolute Gasteiger partial charge is 0.254 e. The molecular weight excluding hydrogens is 1040 g/mol. The molecule has 0 saturated heterocycles. The fourth-order valence-electron chi connectivity index (χ4n) is 16.1. The van der Waals surface area contributed by atoms with Crippen LogP contribution in [-0.2, 0) is 27.1 Å². The van der Waals surface area contributed by atoms with E-state index >= 15 is 0 Å². The highest BCUT2D eigenvalue weighted by atomic mass is 14.8. The molecule has 6 aliphatic rings. The van der Waals surface area contributed by atoms with Gasteiger partial charge in [-0.3, -0.25) is 39.9 Å². The van der Waals surface area contributed by atoms with Crippen molar-refractivity contribution < 1.29 is 0 Å². The molecule has 12 aromatic rings. The molecule has 0 aliphatic heterocycles. The minimum absolute atomic E-state index is 0.272. The molecule has 0 radical (unpaired) electrons. The summed E-state index contributed by atoms with van der Waals surface area (Å²) in [6.45, 7) is 18.4. The number of rotatable bonds is 4. The number of pyridine rings is 8. The van der Waals surface area contributed by atoms with E-state index in [1.54, 1.807) is 0 Å². The molecule has 404 valence electrons. The van der Waals surface area contributed by atoms with E-state index in [1.165, 1.54) is 89.0 Å². The van der Waals surface area contributed by atoms with Crippen molar-refractivity contribution >= 4 is 0 Å². The Kier molecular flexibility index (Phi) is 9.28. The van der Waals surface area contributed by atoms with Gasteiger partial charge in [-0.1, -0.05) is 128 Å². The summed E-state index contributed by atoms with van der Waals surface area (Å²) in [5.41, 5.74) is 33.9. The minimum Gasteiger partial charge on any atom is -0.254 e. The molecule has 0 atom stereocenters. The summed E-state index contributed by atoms with van der Waals surface area (Å²) in [4.78, 5) is 40.5. The minimum atomic E-state index is -0.798. The molecule has 0 saturated carbocycles. The van der Waals surface area contributed by atoms with E-state index in [-0.39, 0.29) is 21.7 Å². The molecule has 0 bridgehead atoms. The normalized spacial score (nSPS) is 16.5. The summed E-state index contributed by atoms with van der Waals surface area (Å²) in [7, 11) is 0. The molecule has 0 unspecified atom stereocenters. The number of nitrogens with zero attached hydrogens (tertiary/aromatic N) is 8. The van der Waals surface area contributed by atoms with Gasteiger partial charge in [-0.2, -0.15) is 0 Å². The third-order valence-corrected chi connectivity index (χ3v) is 20.7. The van der Waals surface area contributed by atoms with Crippen LogP contribution in [-0.4, -0.2) is 39.9 Å². The number of hydrogen-bond acceptors (Lipinski definition) is 8. The first-order valence-electron chi connectivity index (χ1n) is 29.6. The maximum atomic E-state index is 5.25. The first-order valence-corrected chi connectivity index (χ1v) is 29.6. The highest BCUT2D eigenvalue weighted by Gasteiger charge is 2.53. The third-order valence-electron chi connectivity index (χ3n) is 20.7. The molecule has 8 heterocycles. The van der Waals surface area contributed by atoms with Crippen molar-refractivity contribution in [1.82, 2.24) is 39.9 Å². The molecule has 8 heteroatoms. The van der Waals surface area contributed by atoms with Crippen molar-refractivity contribution in [2.45, 2.75) is 82.5 Å². The maximum absolute atomic E-state index is 5.25. The fourth-order valence-corrected chi connectivity index (χ4v) is 16.1. The predicted octanol–water partition coefficient (Wildman–Crippen LogP) is 17.1. The van der Waals surface area contributed by atoms with Crippen LogP contribution < -0.4 is 0 Å². The smallest absolute Gasteiger partial charge is 0.0930 e. The Morgan fingerprint density at radius 3 is 0.659 bits per heavy atom. The van der Waals surface area contributed by atoms with E-state index in [2.05, 4.69) is 202 Å². The summed E-state index contributed by atoms with van der Waals surface area (Å²) in [6.07, 6.45) is 15.8. The van der Waals surface area contributed by atoms with Crippen LogP contribution in [0.15, 0.2) is 195 Å². The van der Waals surface area contributed by atoms with Crippen LogP contribution in [0.25, 0.3) is 112 Å². The van der Waals surface area contributed by atoms with Crippen molar-refractivity contribution in [3.05, 3.63) is 262 Å². The van der Waals surface area contributed by atoms with Crippen molar-refractivity contribution in [3.8, 4) is 112 Å². The topological polar surface area (TPSA) is 103 Å². The molecule has 8 aromatic heterocycles. The van der Waals surface area contributed by atoms with Gasteiger partial charge in [-0.05, 0) is 184 Å². The second kappa shape index (κ2) is 16.2. The van der Waals surface area contributed by atoms with Crippen LogP contribution in [0.5, 0.6) is 0 Å². The zero-order valence-electron chi connectivity index (χ0n) is 48.6. The summed E-state index contributed by atoms with van der Waals surface area (Å²) >= 11 is 0. The van der Waals surface area contributed by atoms with Gasteiger partial charge in [0.25, 0.3) is 0 Å². The van der Waals surface area contributed by atoms with Gasteiger partial charge in [0.1, 0.15) is 0 Å². The van der Waals surface area contributed by atoms with Gasteiger partial charge in [-0.25, -0.2) is 0 Å². The molecular formula is C77H56N8. The van der Waals surface area contributed by atoms with Gasteiger partial charge in [0.2, 0.25) is 0 Å². The van der Waals surface area contributed by atoms with Crippen LogP contribution >= 0.6 is 0 Å². The summed E-state index contributed by atoms with van der Waals surface area (Å²) < 4.78 is 0. The highest BCUT2D eigenvalue weighted by Crippen LogP contribution is 2.65. The Morgan fingerprint density at radius 1 is 0.212 bits per heavy atom. The van der Waals surface area contributed by atoms with E-state index in [0.717, 1.165) is 90.1 Å². The van der Waals surface area contributed by atoms with Crippen molar-refractivity contribution in [2.24, 2.45) is 0 Å². The van der Waals surface area contributed by atoms with Crippen molar-refractivity contribution in [2.75, 3.05) is 0 Å². The second-order valence-electron chi connectivity index (χ2n) is 26.4. The summed E-state index contributed by atoms with van der Waals surface area (Å²) in [6, 6.07) is 55.1. The fraction of sp³-hybridized carbons (Fsp3) is 0.169. The summed E-state index contributed by atoms with van der Waals surface area (Å²) in [5, 5.41) is 0. The Hall–Kier alpha value is -9.92. The predicted molar refractivity (Wildman–Crippen MR) is 337 cm³/mol. The third kappa shape index (κ3) is 6.15. The molecule has 0 N–H and O–H groups in total. The molecule has 8 nitrogen and oxygen atoms in total. The van der Waals surface area contributed by atoms with Gasteiger partial charge in [0.15, 0.2) is 0 Å². The quantitative estimate of drug-likeness (QED) is 0.172. The monoisotopic (exact) mass is 1090 g/mol. The Labute approximate surface area is 494 Å². The maximum Gasteiger partial charge on any atom is 0.0930 e. The van der Waals surface area contributed by atoms with E-state index in [1.807, 2.05) is 49.1 Å². The van der Waals surface area contributed by atoms with Crippen molar-refractivity contribution in [3.63, 3.8) is 0 Å². The number of aromatic nitrogens is 8. The number of fused-ring (bicyclic) bond motifs is 22. The lowest BCUT2D eigenvalue weighted by Crippen LogP contribution is -2.26. The van der Waals surface area contributed by atoms with Crippen LogP contribution in [0.3, 0.4) is 0 Å². The zero-order valence-corrected chi connectivity index (χ0v) is 48.6. The van der Waals surface area contributed by atoms with E-state index in [9.17, 15) is 0 Å². The Balaban J connectivity index is 0.891. The van der Waals surface area contributed by atoms with Gasteiger partial charge >= 0.3 is 0 Å². The average molecular weight is 1090 g/mol. The molecule has 0 amide bonds.